The van der Waals surface area contributed by atoms with Crippen molar-refractivity contribution in [2.75, 3.05) is 30.5 Å². The standard InChI is InChI=1S/C18H23N7O4S/c1-5-23(4)16(26)14-19-21-18(25(14)7-3)22-20-15-17(27)24(6-2)12-10-8-9-11-13(12)30(15,28)29/h8-11H,5-7H2,1-4H3,(H,21,22). The van der Waals surface area contributed by atoms with Crippen molar-refractivity contribution in [2.45, 2.75) is 32.2 Å². The number of anilines is 2. The number of para-hydroxylation sites is 1. The van der Waals surface area contributed by atoms with Crippen LogP contribution in [-0.4, -0.2) is 65.1 Å². The third-order valence-electron chi connectivity index (χ3n) is 4.78. The molecule has 0 radical (unpaired) electrons. The number of carbonyl (C=O) groups excluding carboxylic acids is 2. The Morgan fingerprint density at radius 3 is 2.50 bits per heavy atom. The van der Waals surface area contributed by atoms with Gasteiger partial charge in [-0.1, -0.05) is 12.1 Å². The zero-order valence-corrected chi connectivity index (χ0v) is 18.0. The van der Waals surface area contributed by atoms with E-state index in [0.29, 0.717) is 18.8 Å². The highest BCUT2D eigenvalue weighted by molar-refractivity contribution is 8.08. The molecule has 12 heteroatoms. The molecule has 3 rings (SSSR count). The van der Waals surface area contributed by atoms with E-state index in [2.05, 4.69) is 20.7 Å². The molecule has 0 aliphatic carbocycles. The second-order valence-corrected chi connectivity index (χ2v) is 8.29. The molecule has 2 heterocycles. The maximum atomic E-state index is 13.0. The largest absolute Gasteiger partial charge is 0.339 e. The van der Waals surface area contributed by atoms with Crippen molar-refractivity contribution in [3.05, 3.63) is 30.1 Å². The summed E-state index contributed by atoms with van der Waals surface area (Å²) in [6, 6.07) is 6.26. The van der Waals surface area contributed by atoms with Crippen molar-refractivity contribution in [1.29, 1.82) is 0 Å². The Bertz CT molecular complexity index is 1120. The van der Waals surface area contributed by atoms with Crippen LogP contribution in [0.25, 0.3) is 0 Å². The van der Waals surface area contributed by atoms with Gasteiger partial charge in [-0.3, -0.25) is 14.2 Å². The van der Waals surface area contributed by atoms with Crippen LogP contribution >= 0.6 is 0 Å². The highest BCUT2D eigenvalue weighted by Crippen LogP contribution is 2.32. The van der Waals surface area contributed by atoms with Gasteiger partial charge in [0.05, 0.1) is 10.6 Å². The van der Waals surface area contributed by atoms with Gasteiger partial charge in [0.2, 0.25) is 26.7 Å². The maximum absolute atomic E-state index is 13.0. The van der Waals surface area contributed by atoms with Gasteiger partial charge < -0.3 is 9.80 Å². The fraction of sp³-hybridized carbons (Fsp3) is 0.389. The summed E-state index contributed by atoms with van der Waals surface area (Å²) in [4.78, 5) is 28.1. The molecular weight excluding hydrogens is 410 g/mol. The van der Waals surface area contributed by atoms with Crippen molar-refractivity contribution in [3.63, 3.8) is 0 Å². The van der Waals surface area contributed by atoms with Crippen LogP contribution in [0.1, 0.15) is 31.4 Å². The smallest absolute Gasteiger partial charge is 0.291 e. The topological polar surface area (TPSA) is 130 Å². The average molecular weight is 433 g/mol. The van der Waals surface area contributed by atoms with Crippen LogP contribution in [0.4, 0.5) is 11.6 Å². The maximum Gasteiger partial charge on any atom is 0.291 e. The fourth-order valence-electron chi connectivity index (χ4n) is 3.03. The Labute approximate surface area is 174 Å². The second kappa shape index (κ2) is 8.22. The van der Waals surface area contributed by atoms with Gasteiger partial charge in [-0.25, -0.2) is 13.8 Å². The van der Waals surface area contributed by atoms with E-state index in [-0.39, 0.29) is 29.1 Å². The molecule has 11 nitrogen and oxygen atoms in total. The lowest BCUT2D eigenvalue weighted by atomic mass is 10.2. The predicted molar refractivity (Wildman–Crippen MR) is 111 cm³/mol. The summed E-state index contributed by atoms with van der Waals surface area (Å²) < 4.78 is 27.4. The van der Waals surface area contributed by atoms with Gasteiger partial charge in [0, 0.05) is 26.7 Å². The number of sulfone groups is 1. The Hall–Kier alpha value is -3.28. The molecule has 0 unspecified atom stereocenters. The highest BCUT2D eigenvalue weighted by atomic mass is 32.2. The molecule has 160 valence electrons. The van der Waals surface area contributed by atoms with E-state index in [1.165, 1.54) is 20.4 Å². The lowest BCUT2D eigenvalue weighted by Crippen LogP contribution is -2.45. The van der Waals surface area contributed by atoms with Gasteiger partial charge in [-0.15, -0.1) is 10.2 Å². The Morgan fingerprint density at radius 2 is 1.87 bits per heavy atom. The first kappa shape index (κ1) is 21.4. The quantitative estimate of drug-likeness (QED) is 0.672. The van der Waals surface area contributed by atoms with Crippen LogP contribution < -0.4 is 10.3 Å². The number of amides is 2. The second-order valence-electron chi connectivity index (χ2n) is 6.46. The van der Waals surface area contributed by atoms with Gasteiger partial charge >= 0.3 is 0 Å². The lowest BCUT2D eigenvalue weighted by Gasteiger charge is -2.28. The molecule has 0 fully saturated rings. The van der Waals surface area contributed by atoms with E-state index >= 15 is 0 Å². The van der Waals surface area contributed by atoms with Crippen LogP contribution in [0.2, 0.25) is 0 Å². The fourth-order valence-corrected chi connectivity index (χ4v) is 4.46. The minimum atomic E-state index is -4.13. The summed E-state index contributed by atoms with van der Waals surface area (Å²) in [6.45, 7) is 6.45. The lowest BCUT2D eigenvalue weighted by molar-refractivity contribution is -0.112. The van der Waals surface area contributed by atoms with Crippen LogP contribution in [0.3, 0.4) is 0 Å². The molecule has 2 amide bonds. The molecule has 0 spiro atoms. The van der Waals surface area contributed by atoms with Crippen LogP contribution in [-0.2, 0) is 21.2 Å². The average Bonchev–Trinajstić information content (AvgIpc) is 3.15. The van der Waals surface area contributed by atoms with E-state index in [4.69, 9.17) is 0 Å². The molecule has 0 saturated carbocycles. The number of hydrogen-bond donors (Lipinski definition) is 1. The number of hydrogen-bond acceptors (Lipinski definition) is 8. The van der Waals surface area contributed by atoms with Crippen molar-refractivity contribution in [1.82, 2.24) is 19.7 Å². The number of nitrogens with one attached hydrogen (secondary N) is 1. The summed E-state index contributed by atoms with van der Waals surface area (Å²) in [5.74, 6) is -0.932. The first-order chi connectivity index (χ1) is 14.3. The van der Waals surface area contributed by atoms with Gasteiger partial charge in [0.1, 0.15) is 0 Å². The molecule has 30 heavy (non-hydrogen) atoms. The SMILES string of the molecule is CCN(C)C(=O)c1nnc(NN=C2C(=O)N(CC)c3ccccc3S2(=O)=O)n1CC. The molecular formula is C18H23N7O4S. The zero-order valence-electron chi connectivity index (χ0n) is 17.2. The van der Waals surface area contributed by atoms with Gasteiger partial charge in [-0.05, 0) is 32.9 Å². The van der Waals surface area contributed by atoms with E-state index < -0.39 is 20.8 Å². The number of rotatable bonds is 6. The molecule has 0 saturated heterocycles. The monoisotopic (exact) mass is 433 g/mol. The first-order valence-corrected chi connectivity index (χ1v) is 10.9. The molecule has 1 aromatic carbocycles. The Morgan fingerprint density at radius 1 is 1.17 bits per heavy atom. The minimum Gasteiger partial charge on any atom is -0.339 e. The van der Waals surface area contributed by atoms with Crippen molar-refractivity contribution in [3.8, 4) is 0 Å². The number of carbonyl (C=O) groups is 2. The van der Waals surface area contributed by atoms with E-state index in [0.717, 1.165) is 0 Å². The minimum absolute atomic E-state index is 0.00407. The summed E-state index contributed by atoms with van der Waals surface area (Å²) in [7, 11) is -2.49. The predicted octanol–water partition coefficient (Wildman–Crippen LogP) is 0.956. The third kappa shape index (κ3) is 3.43. The van der Waals surface area contributed by atoms with Gasteiger partial charge in [-0.2, -0.15) is 5.10 Å². The summed E-state index contributed by atoms with van der Waals surface area (Å²) in [6.07, 6.45) is 0. The summed E-state index contributed by atoms with van der Waals surface area (Å²) in [5.41, 5.74) is 2.82. The van der Waals surface area contributed by atoms with Crippen molar-refractivity contribution in [2.24, 2.45) is 5.10 Å². The highest BCUT2D eigenvalue weighted by Gasteiger charge is 2.41. The molecule has 2 aromatic rings. The van der Waals surface area contributed by atoms with Gasteiger partial charge in [0.15, 0.2) is 0 Å². The number of benzene rings is 1. The first-order valence-electron chi connectivity index (χ1n) is 9.46. The summed E-state index contributed by atoms with van der Waals surface area (Å²) in [5, 5.41) is 11.0. The summed E-state index contributed by atoms with van der Waals surface area (Å²) >= 11 is 0. The molecule has 1 N–H and O–H groups in total. The molecule has 1 aromatic heterocycles. The number of aromatic nitrogens is 3. The normalized spacial score (nSPS) is 16.5. The Kier molecular flexibility index (Phi) is 5.87. The van der Waals surface area contributed by atoms with Gasteiger partial charge in [0.25, 0.3) is 11.8 Å². The van der Waals surface area contributed by atoms with Crippen LogP contribution in [0, 0.1) is 0 Å². The van der Waals surface area contributed by atoms with Crippen LogP contribution in [0.5, 0.6) is 0 Å². The molecule has 0 bridgehead atoms. The van der Waals surface area contributed by atoms with E-state index in [9.17, 15) is 18.0 Å². The van der Waals surface area contributed by atoms with Crippen molar-refractivity contribution < 1.29 is 18.0 Å². The number of fused-ring (bicyclic) bond motifs is 1. The van der Waals surface area contributed by atoms with Crippen molar-refractivity contribution >= 4 is 38.3 Å². The molecule has 0 atom stereocenters. The molecule has 1 aliphatic heterocycles. The number of nitrogens with zero attached hydrogens (tertiary/aromatic N) is 6. The van der Waals surface area contributed by atoms with E-state index in [1.807, 2.05) is 6.92 Å². The number of hydrazone groups is 1. The molecule has 1 aliphatic rings. The Balaban J connectivity index is 2.01. The zero-order chi connectivity index (χ0) is 22.1. The third-order valence-corrected chi connectivity index (χ3v) is 6.48. The van der Waals surface area contributed by atoms with E-state index in [1.54, 1.807) is 39.1 Å². The van der Waals surface area contributed by atoms with Crippen LogP contribution in [0.15, 0.2) is 34.3 Å².